The number of fused-ring (bicyclic) bond motifs is 3. The molecule has 3 atom stereocenters. The lowest BCUT2D eigenvalue weighted by atomic mass is 9.98. The Labute approximate surface area is 846 Å². The number of nitrogens with one attached hydrogen (secondary N) is 7. The molecule has 15 aromatic rings. The van der Waals surface area contributed by atoms with Gasteiger partial charge in [-0.15, -0.1) is 22.7 Å². The Balaban J connectivity index is 0.000000138. The van der Waals surface area contributed by atoms with Crippen molar-refractivity contribution in [2.24, 2.45) is 5.92 Å². The van der Waals surface area contributed by atoms with E-state index in [1.807, 2.05) is 164 Å². The van der Waals surface area contributed by atoms with Crippen LogP contribution in [0.15, 0.2) is 238 Å². The first kappa shape index (κ1) is 98.8. The van der Waals surface area contributed by atoms with E-state index in [1.54, 1.807) is 99.4 Å². The van der Waals surface area contributed by atoms with Crippen LogP contribution in [0.2, 0.25) is 0 Å². The Bertz CT molecular complexity index is 7260. The van der Waals surface area contributed by atoms with Gasteiger partial charge >= 0.3 is 0 Å². The second-order valence-corrected chi connectivity index (χ2v) is 39.8. The maximum atomic E-state index is 13.7. The van der Waals surface area contributed by atoms with Crippen molar-refractivity contribution in [3.63, 3.8) is 0 Å². The highest BCUT2D eigenvalue weighted by molar-refractivity contribution is 7.15. The number of hydrogen-bond acceptors (Lipinski definition) is 27. The van der Waals surface area contributed by atoms with Crippen molar-refractivity contribution in [3.05, 3.63) is 264 Å². The van der Waals surface area contributed by atoms with Gasteiger partial charge < -0.3 is 55.3 Å². The third-order valence-corrected chi connectivity index (χ3v) is 29.6. The molecule has 0 unspecified atom stereocenters. The molecule has 7 aromatic carbocycles. The number of aromatic nitrogens is 14. The Morgan fingerprint density at radius 3 is 1.07 bits per heavy atom. The van der Waals surface area contributed by atoms with Crippen LogP contribution in [0, 0.1) is 12.8 Å². The molecule has 3 saturated heterocycles. The molecular weight excluding hydrogens is 1870 g/mol. The van der Waals surface area contributed by atoms with E-state index in [9.17, 15) is 28.8 Å². The third-order valence-electron chi connectivity index (χ3n) is 27.6. The highest BCUT2D eigenvalue weighted by Gasteiger charge is 2.49. The number of nitrogens with zero attached hydrogens (tertiary/aromatic N) is 17. The van der Waals surface area contributed by atoms with Crippen LogP contribution >= 0.6 is 22.7 Å². The molecule has 0 radical (unpaired) electrons. The van der Waals surface area contributed by atoms with Crippen molar-refractivity contribution in [3.8, 4) is 66.6 Å². The van der Waals surface area contributed by atoms with Crippen LogP contribution in [0.5, 0.6) is 0 Å². The van der Waals surface area contributed by atoms with Crippen molar-refractivity contribution in [2.75, 3.05) is 154 Å². The molecule has 3 fully saturated rings. The van der Waals surface area contributed by atoms with Gasteiger partial charge in [0.15, 0.2) is 34.3 Å². The first-order valence-electron chi connectivity index (χ1n) is 48.7. The quantitative estimate of drug-likeness (QED) is 0.0216. The molecule has 6 aliphatic heterocycles. The molecule has 0 bridgehead atoms. The summed E-state index contributed by atoms with van der Waals surface area (Å²) in [5, 5.41) is 48.9. The van der Waals surface area contributed by atoms with Crippen LogP contribution in [-0.4, -0.2) is 290 Å². The van der Waals surface area contributed by atoms with Crippen molar-refractivity contribution >= 4 is 130 Å². The molecule has 6 aliphatic rings. The number of aliphatic hydroxyl groups is 1. The highest BCUT2D eigenvalue weighted by atomic mass is 32.1. The summed E-state index contributed by atoms with van der Waals surface area (Å²) in [5.41, 5.74) is 15.6. The predicted molar refractivity (Wildman–Crippen MR) is 563 cm³/mol. The SMILES string of the molecule is CO[C@@]1(C(=O)Nc2ccc3[nH]nc(-c4ccc(NCCO)cc4)c3c2)CCN(CC(=O)N2CC=C(c3ccc(-c4ncccn4)cc3)CC2)C1.CO[C@@]1(C(=O)Nc2ccc3[nH]nc(-c4cnc(C)s4)c3c2)CCN(CC(=O)N2CC=C(c3ccc(-c4ncccn4)cc3)CC2)C1.CO[C@@]1(C(=O)Nc2ccc3[nH]nc(-c4cnc(CC(C)C)s4)c3c2)CCN(CC(=O)N2CC=C(c3ccc(-c4ncccn4)cc3)CC2)C1. The molecule has 34 nitrogen and oxygen atoms in total. The number of methoxy groups -OCH3 is 3. The van der Waals surface area contributed by atoms with E-state index < -0.39 is 16.8 Å². The number of aliphatic hydroxyl groups excluding tert-OH is 1. The van der Waals surface area contributed by atoms with Crippen molar-refractivity contribution in [1.82, 2.24) is 99.9 Å². The normalized spacial score (nSPS) is 18.2. The summed E-state index contributed by atoms with van der Waals surface area (Å²) in [4.78, 5) is 129. The van der Waals surface area contributed by atoms with E-state index in [0.717, 1.165) is 140 Å². The van der Waals surface area contributed by atoms with Gasteiger partial charge in [-0.1, -0.05) is 117 Å². The molecule has 145 heavy (non-hydrogen) atoms. The van der Waals surface area contributed by atoms with Gasteiger partial charge in [0.05, 0.1) is 68.3 Å². The molecule has 8 aromatic heterocycles. The van der Waals surface area contributed by atoms with Gasteiger partial charge in [-0.2, -0.15) is 15.3 Å². The van der Waals surface area contributed by atoms with E-state index >= 15 is 0 Å². The van der Waals surface area contributed by atoms with Gasteiger partial charge in [-0.25, -0.2) is 39.9 Å². The number of rotatable bonds is 29. The van der Waals surface area contributed by atoms with Crippen LogP contribution in [0.4, 0.5) is 22.7 Å². The number of aryl methyl sites for hydroxylation is 1. The topological polar surface area (TPSA) is 407 Å². The largest absolute Gasteiger partial charge is 0.395 e. The number of H-pyrrole nitrogens is 3. The predicted octanol–water partition coefficient (Wildman–Crippen LogP) is 14.9. The minimum absolute atomic E-state index is 0.0411. The first-order chi connectivity index (χ1) is 70.6. The molecular formula is C109H114N24O10S2. The molecule has 8 N–H and O–H groups in total. The molecule has 14 heterocycles. The average Bonchev–Trinajstić information content (AvgIpc) is 1.65. The summed E-state index contributed by atoms with van der Waals surface area (Å²) in [6.45, 7) is 13.9. The van der Waals surface area contributed by atoms with Crippen LogP contribution in [0.25, 0.3) is 116 Å². The Hall–Kier alpha value is -15.0. The zero-order chi connectivity index (χ0) is 100. The number of likely N-dealkylation sites (tertiary alicyclic amines) is 3. The zero-order valence-electron chi connectivity index (χ0n) is 81.6. The lowest BCUT2D eigenvalue weighted by molar-refractivity contribution is -0.138. The summed E-state index contributed by atoms with van der Waals surface area (Å²) in [6.07, 6.45) is 25.2. The minimum atomic E-state index is -1.07. The lowest BCUT2D eigenvalue weighted by Crippen LogP contribution is -2.48. The fourth-order valence-electron chi connectivity index (χ4n) is 19.4. The van der Waals surface area contributed by atoms with Gasteiger partial charge in [0.2, 0.25) is 17.7 Å². The smallest absolute Gasteiger partial charge is 0.258 e. The van der Waals surface area contributed by atoms with Crippen LogP contribution in [0.1, 0.15) is 79.1 Å². The van der Waals surface area contributed by atoms with E-state index in [1.165, 1.54) is 16.7 Å². The summed E-state index contributed by atoms with van der Waals surface area (Å²) < 4.78 is 17.6. The number of aromatic amines is 3. The average molecular weight is 1980 g/mol. The zero-order valence-corrected chi connectivity index (χ0v) is 83.2. The molecule has 742 valence electrons. The molecule has 0 aliphatic carbocycles. The highest BCUT2D eigenvalue weighted by Crippen LogP contribution is 2.40. The number of amides is 6. The maximum Gasteiger partial charge on any atom is 0.258 e. The van der Waals surface area contributed by atoms with Gasteiger partial charge in [0.25, 0.3) is 17.7 Å². The van der Waals surface area contributed by atoms with Gasteiger partial charge in [0.1, 0.15) is 11.4 Å². The molecule has 36 heteroatoms. The second kappa shape index (κ2) is 44.5. The number of ether oxygens (including phenoxy) is 3. The fourth-order valence-corrected chi connectivity index (χ4v) is 21.3. The summed E-state index contributed by atoms with van der Waals surface area (Å²) >= 11 is 3.22. The molecule has 0 saturated carbocycles. The summed E-state index contributed by atoms with van der Waals surface area (Å²) in [7, 11) is 4.68. The van der Waals surface area contributed by atoms with E-state index in [0.29, 0.717) is 145 Å². The monoisotopic (exact) mass is 1980 g/mol. The minimum Gasteiger partial charge on any atom is -0.395 e. The van der Waals surface area contributed by atoms with E-state index in [2.05, 4.69) is 160 Å². The van der Waals surface area contributed by atoms with E-state index in [4.69, 9.17) is 19.3 Å². The summed E-state index contributed by atoms with van der Waals surface area (Å²) in [6, 6.07) is 55.0. The molecule has 0 spiro atoms. The standard InChI is InChI=1S/C38H40N8O4.C37H40N8O3S.C34H34N8O3S/c1-50-38(37(49)42-31-11-12-33-32(23-31)35(44-43-33)28-7-9-30(10-8-28)39-18-22-47)15-21-45(25-38)24-34(48)46-19-13-27(14-20-46)26-3-5-29(6-4-26)36-40-16-2-17-41-36;1-24(2)19-32-40-21-31(49-32)34-29-20-28(9-10-30(29)42-43-34)41-36(47)37(48-3)13-18-44(23-37)22-33(46)45-16-11-26(12-17-45)25-5-7-27(8-6-25)35-38-14-4-15-39-35;1-22-37-19-29(46-22)31-27-18-26(8-9-28(27)39-40-31)38-33(44)34(45-2)12-17-41(21-34)20-30(43)42-15-10-24(11-16-42)23-4-6-25(7-5-23)32-35-13-3-14-36-32/h2-13,16-17,23,39,47H,14-15,18-22,24-25H2,1H3,(H,42,49)(H,43,44);4-11,14-15,20-21,24H,12-13,16-19,22-23H2,1-3H3,(H,41,47)(H,42,43);3-10,13-14,18-19H,11-12,15-17,20-21H2,1-2H3,(H,38,44)(H,39,40)/t38-;37-;34-/m000/s1. The van der Waals surface area contributed by atoms with E-state index in [-0.39, 0.29) is 61.7 Å². The van der Waals surface area contributed by atoms with Crippen molar-refractivity contribution < 1.29 is 48.1 Å². The van der Waals surface area contributed by atoms with Gasteiger partial charge in [-0.3, -0.25) is 58.8 Å². The number of carbonyl (C=O) groups is 6. The van der Waals surface area contributed by atoms with Gasteiger partial charge in [-0.05, 0) is 170 Å². The molecule has 21 rings (SSSR count). The third kappa shape index (κ3) is 22.7. The number of anilines is 4. The number of thiazole rings is 2. The van der Waals surface area contributed by atoms with Crippen LogP contribution < -0.4 is 21.3 Å². The fraction of sp³-hybridized carbons (Fsp3) is 0.312. The Kier molecular flexibility index (Phi) is 30.3. The summed E-state index contributed by atoms with van der Waals surface area (Å²) in [5.74, 6) is 2.08. The first-order valence-corrected chi connectivity index (χ1v) is 50.4. The van der Waals surface area contributed by atoms with Gasteiger partial charge in [0, 0.05) is 224 Å². The van der Waals surface area contributed by atoms with Crippen molar-refractivity contribution in [1.29, 1.82) is 0 Å². The Morgan fingerprint density at radius 2 is 0.738 bits per heavy atom. The maximum absolute atomic E-state index is 13.7. The number of benzene rings is 7. The van der Waals surface area contributed by atoms with Crippen molar-refractivity contribution in [2.45, 2.75) is 82.5 Å². The number of carbonyl (C=O) groups excluding carboxylic acids is 6. The van der Waals surface area contributed by atoms with Crippen LogP contribution in [-0.2, 0) is 49.4 Å². The second-order valence-electron chi connectivity index (χ2n) is 37.4. The Morgan fingerprint density at radius 1 is 0.407 bits per heavy atom. The lowest BCUT2D eigenvalue weighted by Gasteiger charge is -2.30. The molecule has 6 amide bonds. The number of hydrogen-bond donors (Lipinski definition) is 8. The van der Waals surface area contributed by atoms with Crippen LogP contribution in [0.3, 0.4) is 0 Å².